The second-order valence-corrected chi connectivity index (χ2v) is 3.62. The van der Waals surface area contributed by atoms with Gasteiger partial charge in [-0.2, -0.15) is 0 Å². The maximum atomic E-state index is 11.3. The minimum Gasteiger partial charge on any atom is -0.385 e. The topological polar surface area (TPSA) is 37.3 Å². The van der Waals surface area contributed by atoms with Gasteiger partial charge in [0.25, 0.3) is 0 Å². The van der Waals surface area contributed by atoms with Crippen molar-refractivity contribution in [2.75, 3.05) is 0 Å². The molecule has 14 heavy (non-hydrogen) atoms. The third kappa shape index (κ3) is 4.38. The van der Waals surface area contributed by atoms with Crippen molar-refractivity contribution < 1.29 is 9.90 Å². The van der Waals surface area contributed by atoms with Gasteiger partial charge in [-0.15, -0.1) is 0 Å². The molecule has 0 radical (unpaired) electrons. The van der Waals surface area contributed by atoms with Crippen molar-refractivity contribution in [2.45, 2.75) is 44.6 Å². The lowest BCUT2D eigenvalue weighted by Gasteiger charge is -2.07. The maximum absolute atomic E-state index is 11.3. The number of ketones is 1. The molecule has 2 heteroatoms. The Hall–Kier alpha value is -0.890. The second-order valence-electron chi connectivity index (χ2n) is 3.62. The maximum Gasteiger partial charge on any atom is 0.161 e. The van der Waals surface area contributed by atoms with Gasteiger partial charge in [-0.3, -0.25) is 4.79 Å². The van der Waals surface area contributed by atoms with Gasteiger partial charge in [-0.25, -0.2) is 0 Å². The molecule has 1 unspecified atom stereocenters. The Bertz CT molecular complexity index is 228. The van der Waals surface area contributed by atoms with E-state index in [-0.39, 0.29) is 5.78 Å². The molecular weight excluding hydrogens is 176 g/mol. The minimum absolute atomic E-state index is 0.0244. The molecule has 0 aromatic heterocycles. The molecule has 0 aromatic carbocycles. The Kier molecular flexibility index (Phi) is 5.23. The summed E-state index contributed by atoms with van der Waals surface area (Å²) in [6.45, 7) is 0. The van der Waals surface area contributed by atoms with E-state index in [1.165, 1.54) is 0 Å². The fourth-order valence-electron chi connectivity index (χ4n) is 1.47. The molecule has 1 N–H and O–H groups in total. The van der Waals surface area contributed by atoms with E-state index in [4.69, 9.17) is 0 Å². The summed E-state index contributed by atoms with van der Waals surface area (Å²) in [6, 6.07) is 0. The van der Waals surface area contributed by atoms with E-state index in [1.807, 2.05) is 12.2 Å². The summed E-state index contributed by atoms with van der Waals surface area (Å²) >= 11 is 0. The Balaban J connectivity index is 2.45. The summed E-state index contributed by atoms with van der Waals surface area (Å²) in [7, 11) is 0. The smallest absolute Gasteiger partial charge is 0.161 e. The third-order valence-corrected chi connectivity index (χ3v) is 2.37. The Morgan fingerprint density at radius 2 is 1.57 bits per heavy atom. The second kappa shape index (κ2) is 6.55. The molecule has 0 saturated heterocycles. The van der Waals surface area contributed by atoms with Crippen LogP contribution in [0.2, 0.25) is 0 Å². The highest BCUT2D eigenvalue weighted by molar-refractivity contribution is 5.82. The number of hydrogen-bond donors (Lipinski definition) is 1. The molecule has 1 atom stereocenters. The highest BCUT2D eigenvalue weighted by atomic mass is 16.3. The zero-order valence-electron chi connectivity index (χ0n) is 8.48. The molecule has 1 rings (SSSR count). The highest BCUT2D eigenvalue weighted by Crippen LogP contribution is 2.07. The molecule has 0 heterocycles. The molecule has 0 bridgehead atoms. The summed E-state index contributed by atoms with van der Waals surface area (Å²) in [5, 5.41) is 9.45. The Labute approximate surface area is 85.3 Å². The van der Waals surface area contributed by atoms with Crippen LogP contribution in [0.1, 0.15) is 38.5 Å². The van der Waals surface area contributed by atoms with Crippen LogP contribution in [0.5, 0.6) is 0 Å². The van der Waals surface area contributed by atoms with Crippen molar-refractivity contribution in [1.82, 2.24) is 0 Å². The van der Waals surface area contributed by atoms with Crippen LogP contribution in [0.4, 0.5) is 0 Å². The van der Waals surface area contributed by atoms with Crippen LogP contribution in [0.25, 0.3) is 0 Å². The van der Waals surface area contributed by atoms with Crippen LogP contribution < -0.4 is 0 Å². The zero-order chi connectivity index (χ0) is 10.2. The first-order valence-corrected chi connectivity index (χ1v) is 5.31. The summed E-state index contributed by atoms with van der Waals surface area (Å²) in [5.74, 6) is -0.0244. The zero-order valence-corrected chi connectivity index (χ0v) is 8.48. The number of carbonyl (C=O) groups excluding carboxylic acids is 1. The third-order valence-electron chi connectivity index (χ3n) is 2.37. The average Bonchev–Trinajstić information content (AvgIpc) is 2.18. The van der Waals surface area contributed by atoms with Crippen LogP contribution in [0.3, 0.4) is 0 Å². The van der Waals surface area contributed by atoms with E-state index in [2.05, 4.69) is 12.2 Å². The van der Waals surface area contributed by atoms with Gasteiger partial charge in [0.2, 0.25) is 0 Å². The fraction of sp³-hybridized carbons (Fsp3) is 0.583. The lowest BCUT2D eigenvalue weighted by atomic mass is 10.0. The quantitative estimate of drug-likeness (QED) is 0.601. The van der Waals surface area contributed by atoms with E-state index in [9.17, 15) is 9.90 Å². The van der Waals surface area contributed by atoms with Crippen molar-refractivity contribution in [3.63, 3.8) is 0 Å². The highest BCUT2D eigenvalue weighted by Gasteiger charge is 2.12. The van der Waals surface area contributed by atoms with Gasteiger partial charge in [-0.1, -0.05) is 24.3 Å². The average molecular weight is 194 g/mol. The van der Waals surface area contributed by atoms with Gasteiger partial charge < -0.3 is 5.11 Å². The molecule has 0 aliphatic heterocycles. The normalized spacial score (nSPS) is 27.8. The predicted molar refractivity (Wildman–Crippen MR) is 57.0 cm³/mol. The molecule has 1 aliphatic carbocycles. The van der Waals surface area contributed by atoms with Gasteiger partial charge >= 0.3 is 0 Å². The summed E-state index contributed by atoms with van der Waals surface area (Å²) in [5.41, 5.74) is 0. The molecular formula is C12H18O2. The van der Waals surface area contributed by atoms with Crippen LogP contribution in [-0.4, -0.2) is 17.0 Å². The van der Waals surface area contributed by atoms with E-state index < -0.39 is 6.10 Å². The number of carbonyl (C=O) groups is 1. The molecule has 0 aromatic rings. The number of Topliss-reactive ketones (excluding diaryl/α,β-unsaturated/α-hetero) is 1. The van der Waals surface area contributed by atoms with E-state index >= 15 is 0 Å². The molecule has 0 saturated carbocycles. The van der Waals surface area contributed by atoms with Crippen LogP contribution in [0.15, 0.2) is 24.3 Å². The van der Waals surface area contributed by atoms with Gasteiger partial charge in [0.15, 0.2) is 5.78 Å². The van der Waals surface area contributed by atoms with Gasteiger partial charge in [-0.05, 0) is 32.1 Å². The Morgan fingerprint density at radius 1 is 1.00 bits per heavy atom. The first-order chi connectivity index (χ1) is 6.80. The molecule has 0 spiro atoms. The Morgan fingerprint density at radius 3 is 2.29 bits per heavy atom. The predicted octanol–water partition coefficient (Wildman–Crippen LogP) is 2.38. The summed E-state index contributed by atoms with van der Waals surface area (Å²) in [6.07, 6.45) is 12.2. The van der Waals surface area contributed by atoms with Gasteiger partial charge in [0, 0.05) is 6.42 Å². The summed E-state index contributed by atoms with van der Waals surface area (Å²) < 4.78 is 0. The number of aliphatic hydroxyl groups is 1. The lowest BCUT2D eigenvalue weighted by Crippen LogP contribution is -2.19. The standard InChI is InChI=1S/C12H18O2/c13-11-9-7-5-3-1-2-4-6-8-10-12(11)14/h3-6,11,13H,1-2,7-10H2/b5-3?,6-4+. The van der Waals surface area contributed by atoms with E-state index in [0.717, 1.165) is 25.7 Å². The lowest BCUT2D eigenvalue weighted by molar-refractivity contribution is -0.127. The van der Waals surface area contributed by atoms with Crippen LogP contribution in [0, 0.1) is 0 Å². The SMILES string of the molecule is O=C1CC/C=C/CCC=CCCC1O. The van der Waals surface area contributed by atoms with E-state index in [0.29, 0.717) is 12.8 Å². The number of hydrogen-bond acceptors (Lipinski definition) is 2. The van der Waals surface area contributed by atoms with Crippen molar-refractivity contribution in [3.8, 4) is 0 Å². The van der Waals surface area contributed by atoms with Gasteiger partial charge in [0.05, 0.1) is 0 Å². The number of allylic oxidation sites excluding steroid dienone is 4. The monoisotopic (exact) mass is 194 g/mol. The molecule has 78 valence electrons. The molecule has 0 amide bonds. The van der Waals surface area contributed by atoms with Crippen LogP contribution in [-0.2, 0) is 4.79 Å². The number of aliphatic hydroxyl groups excluding tert-OH is 1. The molecule has 0 fully saturated rings. The van der Waals surface area contributed by atoms with Crippen molar-refractivity contribution in [2.24, 2.45) is 0 Å². The fourth-order valence-corrected chi connectivity index (χ4v) is 1.47. The molecule has 2 nitrogen and oxygen atoms in total. The largest absolute Gasteiger partial charge is 0.385 e. The van der Waals surface area contributed by atoms with Crippen molar-refractivity contribution in [3.05, 3.63) is 24.3 Å². The van der Waals surface area contributed by atoms with Crippen molar-refractivity contribution in [1.29, 1.82) is 0 Å². The van der Waals surface area contributed by atoms with Crippen molar-refractivity contribution >= 4 is 5.78 Å². The van der Waals surface area contributed by atoms with E-state index in [1.54, 1.807) is 0 Å². The first kappa shape index (κ1) is 11.2. The summed E-state index contributed by atoms with van der Waals surface area (Å²) in [4.78, 5) is 11.3. The van der Waals surface area contributed by atoms with Crippen LogP contribution >= 0.6 is 0 Å². The molecule has 1 aliphatic rings. The van der Waals surface area contributed by atoms with Gasteiger partial charge in [0.1, 0.15) is 6.10 Å². The minimum atomic E-state index is -0.757. The first-order valence-electron chi connectivity index (χ1n) is 5.31. The number of rotatable bonds is 0.